The quantitative estimate of drug-likeness (QED) is 0.868. The van der Waals surface area contributed by atoms with Gasteiger partial charge in [-0.2, -0.15) is 0 Å². The number of benzene rings is 1. The Bertz CT molecular complexity index is 394. The van der Waals surface area contributed by atoms with Gasteiger partial charge < -0.3 is 14.8 Å². The monoisotopic (exact) mass is 237 g/mol. The van der Waals surface area contributed by atoms with Gasteiger partial charge in [-0.25, -0.2) is 0 Å². The Morgan fingerprint density at radius 2 is 1.82 bits per heavy atom. The molecule has 17 heavy (non-hydrogen) atoms. The van der Waals surface area contributed by atoms with Crippen molar-refractivity contribution in [2.75, 3.05) is 0 Å². The van der Waals surface area contributed by atoms with E-state index in [1.54, 1.807) is 12.1 Å². The van der Waals surface area contributed by atoms with Crippen LogP contribution in [0, 0.1) is 5.92 Å². The molecular weight excluding hydrogens is 222 g/mol. The van der Waals surface area contributed by atoms with Crippen molar-refractivity contribution in [1.29, 1.82) is 0 Å². The van der Waals surface area contributed by atoms with Crippen molar-refractivity contribution in [3.05, 3.63) is 24.3 Å². The molecule has 2 rings (SSSR count). The number of hydroxylamine groups is 2. The molecule has 92 valence electrons. The average Bonchev–Trinajstić information content (AvgIpc) is 2.68. The van der Waals surface area contributed by atoms with Gasteiger partial charge in [-0.15, -0.1) is 0 Å². The van der Waals surface area contributed by atoms with Crippen molar-refractivity contribution in [2.24, 2.45) is 5.92 Å². The van der Waals surface area contributed by atoms with Crippen molar-refractivity contribution in [3.8, 4) is 11.5 Å². The predicted octanol–water partition coefficient (Wildman–Crippen LogP) is 2.09. The first-order valence-electron chi connectivity index (χ1n) is 5.55. The number of rotatable bonds is 4. The lowest BCUT2D eigenvalue weighted by molar-refractivity contribution is -0.257. The number of carboxylic acid groups (broad SMARTS) is 1. The van der Waals surface area contributed by atoms with E-state index in [1.165, 1.54) is 0 Å². The van der Waals surface area contributed by atoms with Gasteiger partial charge in [0.25, 0.3) is 0 Å². The maximum absolute atomic E-state index is 11.2. The molecule has 1 aliphatic rings. The van der Waals surface area contributed by atoms with E-state index >= 15 is 0 Å². The molecule has 1 N–H and O–H groups in total. The summed E-state index contributed by atoms with van der Waals surface area (Å²) in [6.07, 6.45) is 0.462. The van der Waals surface area contributed by atoms with E-state index in [1.807, 2.05) is 26.0 Å². The van der Waals surface area contributed by atoms with Crippen LogP contribution in [0.1, 0.15) is 20.3 Å². The van der Waals surface area contributed by atoms with Crippen molar-refractivity contribution in [1.82, 2.24) is 5.23 Å². The maximum Gasteiger partial charge on any atom is 0.328 e. The summed E-state index contributed by atoms with van der Waals surface area (Å²) in [5.41, 5.74) is 0. The van der Waals surface area contributed by atoms with Gasteiger partial charge in [0, 0.05) is 5.23 Å². The summed E-state index contributed by atoms with van der Waals surface area (Å²) in [6, 6.07) is 6.29. The van der Waals surface area contributed by atoms with E-state index in [-0.39, 0.29) is 5.92 Å². The fourth-order valence-corrected chi connectivity index (χ4v) is 1.66. The second-order valence-electron chi connectivity index (χ2n) is 4.40. The number of nitrogens with zero attached hydrogens (tertiary/aromatic N) is 1. The lowest BCUT2D eigenvalue weighted by atomic mass is 10.0. The third-order valence-corrected chi connectivity index (χ3v) is 2.46. The van der Waals surface area contributed by atoms with Crippen LogP contribution in [-0.2, 0) is 4.79 Å². The summed E-state index contributed by atoms with van der Waals surface area (Å²) in [5, 5.41) is 10.2. The molecule has 0 saturated heterocycles. The molecule has 0 amide bonds. The summed E-state index contributed by atoms with van der Waals surface area (Å²) >= 11 is 0. The lowest BCUT2D eigenvalue weighted by Crippen LogP contribution is -2.43. The summed E-state index contributed by atoms with van der Waals surface area (Å²) in [7, 11) is 0. The first kappa shape index (κ1) is 11.7. The molecule has 0 radical (unpaired) electrons. The highest BCUT2D eigenvalue weighted by atomic mass is 17.0. The number of hydrogen-bond acceptors (Lipinski definition) is 4. The summed E-state index contributed by atoms with van der Waals surface area (Å²) < 4.78 is 0. The third-order valence-electron chi connectivity index (χ3n) is 2.46. The van der Waals surface area contributed by atoms with E-state index in [0.29, 0.717) is 17.9 Å². The first-order valence-corrected chi connectivity index (χ1v) is 5.55. The van der Waals surface area contributed by atoms with Gasteiger partial charge in [-0.1, -0.05) is 26.0 Å². The Morgan fingerprint density at radius 1 is 1.29 bits per heavy atom. The number of carboxylic acids is 1. The van der Waals surface area contributed by atoms with Crippen molar-refractivity contribution in [2.45, 2.75) is 26.3 Å². The second kappa shape index (κ2) is 4.63. The van der Waals surface area contributed by atoms with Crippen LogP contribution in [0.15, 0.2) is 24.3 Å². The number of fused-ring (bicyclic) bond motifs is 1. The van der Waals surface area contributed by atoms with Crippen LogP contribution < -0.4 is 9.68 Å². The predicted molar refractivity (Wildman–Crippen MR) is 60.4 cm³/mol. The third kappa shape index (κ3) is 2.50. The minimum Gasteiger partial charge on any atom is -0.480 e. The minimum atomic E-state index is -0.952. The Labute approximate surface area is 99.5 Å². The summed E-state index contributed by atoms with van der Waals surface area (Å²) in [6.45, 7) is 3.91. The Hall–Kier alpha value is -1.75. The second-order valence-corrected chi connectivity index (χ2v) is 4.40. The molecule has 0 aliphatic carbocycles. The van der Waals surface area contributed by atoms with Crippen molar-refractivity contribution >= 4 is 5.97 Å². The van der Waals surface area contributed by atoms with E-state index in [9.17, 15) is 4.79 Å². The summed E-state index contributed by atoms with van der Waals surface area (Å²) in [5.74, 6) is 0.378. The first-order chi connectivity index (χ1) is 8.08. The zero-order valence-corrected chi connectivity index (χ0v) is 9.79. The Balaban J connectivity index is 2.11. The molecule has 1 aliphatic heterocycles. The molecule has 1 atom stereocenters. The highest BCUT2D eigenvalue weighted by Gasteiger charge is 2.35. The molecule has 0 aromatic heterocycles. The van der Waals surface area contributed by atoms with E-state index in [0.717, 1.165) is 5.23 Å². The number of carbonyl (C=O) groups is 1. The fraction of sp³-hybridized carbons (Fsp3) is 0.417. The molecule has 0 saturated carbocycles. The van der Waals surface area contributed by atoms with Crippen molar-refractivity contribution < 1.29 is 19.6 Å². The topological polar surface area (TPSA) is 59.0 Å². The van der Waals surface area contributed by atoms with Crippen LogP contribution in [0.4, 0.5) is 0 Å². The molecule has 1 aromatic carbocycles. The summed E-state index contributed by atoms with van der Waals surface area (Å²) in [4.78, 5) is 21.9. The smallest absolute Gasteiger partial charge is 0.328 e. The van der Waals surface area contributed by atoms with Gasteiger partial charge in [-0.05, 0) is 24.5 Å². The van der Waals surface area contributed by atoms with Gasteiger partial charge in [0.2, 0.25) is 0 Å². The van der Waals surface area contributed by atoms with Gasteiger partial charge in [0.05, 0.1) is 0 Å². The zero-order valence-electron chi connectivity index (χ0n) is 9.79. The molecular formula is C12H15NO4. The molecule has 1 unspecified atom stereocenters. The SMILES string of the molecule is CC(C)CC(C(=O)O)N1Oc2ccccc2O1. The minimum absolute atomic E-state index is 0.243. The van der Waals surface area contributed by atoms with Gasteiger partial charge in [-0.3, -0.25) is 4.79 Å². The number of aliphatic carboxylic acids is 1. The lowest BCUT2D eigenvalue weighted by Gasteiger charge is -2.21. The Kier molecular flexibility index (Phi) is 3.19. The molecule has 1 aromatic rings. The van der Waals surface area contributed by atoms with Crippen LogP contribution >= 0.6 is 0 Å². The fourth-order valence-electron chi connectivity index (χ4n) is 1.66. The highest BCUT2D eigenvalue weighted by Crippen LogP contribution is 2.34. The van der Waals surface area contributed by atoms with Crippen LogP contribution in [-0.4, -0.2) is 22.3 Å². The molecule has 0 fully saturated rings. The Morgan fingerprint density at radius 3 is 2.24 bits per heavy atom. The molecule has 0 spiro atoms. The van der Waals surface area contributed by atoms with Gasteiger partial charge >= 0.3 is 5.97 Å². The molecule has 0 bridgehead atoms. The van der Waals surface area contributed by atoms with Crippen LogP contribution in [0.25, 0.3) is 0 Å². The van der Waals surface area contributed by atoms with Crippen molar-refractivity contribution in [3.63, 3.8) is 0 Å². The van der Waals surface area contributed by atoms with Gasteiger partial charge in [0.15, 0.2) is 17.5 Å². The number of para-hydroxylation sites is 2. The normalized spacial score (nSPS) is 16.2. The van der Waals surface area contributed by atoms with E-state index in [2.05, 4.69) is 0 Å². The standard InChI is InChI=1S/C12H15NO4/c1-8(2)7-9(12(14)15)13-16-10-5-3-4-6-11(10)17-13/h3-6,8-9H,7H2,1-2H3,(H,14,15). The largest absolute Gasteiger partial charge is 0.480 e. The zero-order chi connectivity index (χ0) is 12.4. The molecule has 5 nitrogen and oxygen atoms in total. The van der Waals surface area contributed by atoms with Crippen LogP contribution in [0.2, 0.25) is 0 Å². The average molecular weight is 237 g/mol. The maximum atomic E-state index is 11.2. The van der Waals surface area contributed by atoms with E-state index in [4.69, 9.17) is 14.8 Å². The number of hydrogen-bond donors (Lipinski definition) is 1. The molecule has 5 heteroatoms. The van der Waals surface area contributed by atoms with Crippen LogP contribution in [0.3, 0.4) is 0 Å². The van der Waals surface area contributed by atoms with E-state index < -0.39 is 12.0 Å². The van der Waals surface area contributed by atoms with Crippen LogP contribution in [0.5, 0.6) is 11.5 Å². The highest BCUT2D eigenvalue weighted by molar-refractivity contribution is 5.73. The van der Waals surface area contributed by atoms with Gasteiger partial charge in [0.1, 0.15) is 0 Å². The molecule has 1 heterocycles.